The SMILES string of the molecule is C=CCCCCCCCCCCCCC/C=C/CC(O)C(=O)O. The van der Waals surface area contributed by atoms with Crippen LogP contribution in [0.4, 0.5) is 0 Å². The number of carboxylic acid groups (broad SMARTS) is 1. The van der Waals surface area contributed by atoms with E-state index < -0.39 is 12.1 Å². The molecule has 0 radical (unpaired) electrons. The second-order valence-corrected chi connectivity index (χ2v) is 6.32. The molecule has 0 spiro atoms. The normalized spacial score (nSPS) is 12.6. The topological polar surface area (TPSA) is 57.5 Å². The summed E-state index contributed by atoms with van der Waals surface area (Å²) in [6.45, 7) is 3.74. The molecule has 0 aliphatic carbocycles. The average Bonchev–Trinajstić information content (AvgIpc) is 2.54. The van der Waals surface area contributed by atoms with Crippen LogP contribution < -0.4 is 0 Å². The van der Waals surface area contributed by atoms with E-state index in [1.165, 1.54) is 64.2 Å². The molecular formula is C20H36O3. The standard InChI is InChI=1S/C20H36O3/c1-2-3-4-5-6-7-8-9-10-11-12-13-14-15-16-17-18-19(21)20(22)23/h2,16-17,19,21H,1,3-15,18H2,(H,22,23)/b17-16+. The molecule has 0 aromatic heterocycles. The van der Waals surface area contributed by atoms with E-state index in [9.17, 15) is 4.79 Å². The molecule has 0 saturated carbocycles. The molecule has 0 aliphatic heterocycles. The van der Waals surface area contributed by atoms with Crippen molar-refractivity contribution < 1.29 is 15.0 Å². The quantitative estimate of drug-likeness (QED) is 0.269. The molecule has 0 amide bonds. The third-order valence-corrected chi connectivity index (χ3v) is 4.09. The van der Waals surface area contributed by atoms with Crippen LogP contribution in [0, 0.1) is 0 Å². The third kappa shape index (κ3) is 17.1. The van der Waals surface area contributed by atoms with Gasteiger partial charge in [0.15, 0.2) is 6.10 Å². The van der Waals surface area contributed by atoms with Crippen molar-refractivity contribution in [3.63, 3.8) is 0 Å². The van der Waals surface area contributed by atoms with Gasteiger partial charge >= 0.3 is 5.97 Å². The summed E-state index contributed by atoms with van der Waals surface area (Å²) >= 11 is 0. The number of aliphatic hydroxyl groups is 1. The summed E-state index contributed by atoms with van der Waals surface area (Å²) < 4.78 is 0. The molecule has 134 valence electrons. The van der Waals surface area contributed by atoms with E-state index in [2.05, 4.69) is 6.58 Å². The van der Waals surface area contributed by atoms with Gasteiger partial charge < -0.3 is 10.2 Å². The van der Waals surface area contributed by atoms with Crippen LogP contribution in [0.1, 0.15) is 89.9 Å². The first-order chi connectivity index (χ1) is 11.2. The minimum Gasteiger partial charge on any atom is -0.479 e. The Labute approximate surface area is 142 Å². The molecule has 3 heteroatoms. The molecule has 1 unspecified atom stereocenters. The van der Waals surface area contributed by atoms with Gasteiger partial charge in [-0.2, -0.15) is 0 Å². The van der Waals surface area contributed by atoms with Crippen LogP contribution in [0.3, 0.4) is 0 Å². The van der Waals surface area contributed by atoms with Gasteiger partial charge in [0.2, 0.25) is 0 Å². The van der Waals surface area contributed by atoms with Crippen molar-refractivity contribution in [2.75, 3.05) is 0 Å². The van der Waals surface area contributed by atoms with Crippen LogP contribution in [0.2, 0.25) is 0 Å². The van der Waals surface area contributed by atoms with Gasteiger partial charge in [-0.05, 0) is 25.7 Å². The zero-order valence-corrected chi connectivity index (χ0v) is 14.7. The molecule has 0 aromatic rings. The van der Waals surface area contributed by atoms with Crippen LogP contribution in [0.25, 0.3) is 0 Å². The number of unbranched alkanes of at least 4 members (excludes halogenated alkanes) is 12. The molecule has 0 heterocycles. The van der Waals surface area contributed by atoms with Gasteiger partial charge in [-0.1, -0.05) is 76.0 Å². The van der Waals surface area contributed by atoms with Crippen molar-refractivity contribution in [1.82, 2.24) is 0 Å². The smallest absolute Gasteiger partial charge is 0.332 e. The number of hydrogen-bond donors (Lipinski definition) is 2. The molecule has 2 N–H and O–H groups in total. The predicted octanol–water partition coefficient (Wildman–Crippen LogP) is 5.64. The number of aliphatic carboxylic acids is 1. The monoisotopic (exact) mass is 324 g/mol. The lowest BCUT2D eigenvalue weighted by atomic mass is 10.0. The lowest BCUT2D eigenvalue weighted by Crippen LogP contribution is -2.17. The van der Waals surface area contributed by atoms with Gasteiger partial charge in [0.25, 0.3) is 0 Å². The summed E-state index contributed by atoms with van der Waals surface area (Å²) in [5, 5.41) is 17.6. The molecule has 0 bridgehead atoms. The fourth-order valence-electron chi connectivity index (χ4n) is 2.59. The van der Waals surface area contributed by atoms with Crippen LogP contribution >= 0.6 is 0 Å². The van der Waals surface area contributed by atoms with Crippen molar-refractivity contribution in [3.05, 3.63) is 24.8 Å². The Bertz CT molecular complexity index is 310. The second-order valence-electron chi connectivity index (χ2n) is 6.32. The Morgan fingerprint density at radius 3 is 1.65 bits per heavy atom. The summed E-state index contributed by atoms with van der Waals surface area (Å²) in [5.74, 6) is -1.15. The van der Waals surface area contributed by atoms with Crippen LogP contribution in [-0.2, 0) is 4.79 Å². The zero-order chi connectivity index (χ0) is 17.2. The Kier molecular flexibility index (Phi) is 16.4. The maximum absolute atomic E-state index is 10.4. The van der Waals surface area contributed by atoms with Gasteiger partial charge in [-0.25, -0.2) is 4.79 Å². The average molecular weight is 325 g/mol. The van der Waals surface area contributed by atoms with Gasteiger partial charge in [0.05, 0.1) is 0 Å². The van der Waals surface area contributed by atoms with E-state index in [4.69, 9.17) is 10.2 Å². The molecule has 3 nitrogen and oxygen atoms in total. The number of rotatable bonds is 17. The third-order valence-electron chi connectivity index (χ3n) is 4.09. The summed E-state index contributed by atoms with van der Waals surface area (Å²) in [6.07, 6.45) is 21.4. The second kappa shape index (κ2) is 17.3. The lowest BCUT2D eigenvalue weighted by molar-refractivity contribution is -0.146. The van der Waals surface area contributed by atoms with Gasteiger partial charge in [0, 0.05) is 6.42 Å². The van der Waals surface area contributed by atoms with Crippen molar-refractivity contribution >= 4 is 5.97 Å². The highest BCUT2D eigenvalue weighted by molar-refractivity contribution is 5.72. The number of allylic oxidation sites excluding steroid dienone is 2. The molecule has 0 fully saturated rings. The maximum Gasteiger partial charge on any atom is 0.332 e. The van der Waals surface area contributed by atoms with Crippen LogP contribution in [0.15, 0.2) is 24.8 Å². The Morgan fingerprint density at radius 1 is 0.783 bits per heavy atom. The maximum atomic E-state index is 10.4. The van der Waals surface area contributed by atoms with Crippen LogP contribution in [-0.4, -0.2) is 22.3 Å². The largest absolute Gasteiger partial charge is 0.479 e. The summed E-state index contributed by atoms with van der Waals surface area (Å²) in [6, 6.07) is 0. The fourth-order valence-corrected chi connectivity index (χ4v) is 2.59. The fraction of sp³-hybridized carbons (Fsp3) is 0.750. The van der Waals surface area contributed by atoms with E-state index in [0.717, 1.165) is 19.3 Å². The van der Waals surface area contributed by atoms with E-state index >= 15 is 0 Å². The van der Waals surface area contributed by atoms with Crippen molar-refractivity contribution in [2.24, 2.45) is 0 Å². The molecule has 23 heavy (non-hydrogen) atoms. The van der Waals surface area contributed by atoms with Gasteiger partial charge in [0.1, 0.15) is 0 Å². The number of carbonyl (C=O) groups is 1. The van der Waals surface area contributed by atoms with Gasteiger partial charge in [-0.15, -0.1) is 6.58 Å². The van der Waals surface area contributed by atoms with Crippen molar-refractivity contribution in [2.45, 2.75) is 96.0 Å². The van der Waals surface area contributed by atoms with E-state index in [1.54, 1.807) is 6.08 Å². The highest BCUT2D eigenvalue weighted by Crippen LogP contribution is 2.12. The molecule has 0 saturated heterocycles. The minimum absolute atomic E-state index is 0.211. The predicted molar refractivity (Wildman–Crippen MR) is 97.6 cm³/mol. The molecule has 0 aromatic carbocycles. The Morgan fingerprint density at radius 2 is 1.22 bits per heavy atom. The van der Waals surface area contributed by atoms with Gasteiger partial charge in [-0.3, -0.25) is 0 Å². The number of hydrogen-bond acceptors (Lipinski definition) is 2. The highest BCUT2D eigenvalue weighted by atomic mass is 16.4. The first kappa shape index (κ1) is 21.9. The van der Waals surface area contributed by atoms with Crippen LogP contribution in [0.5, 0.6) is 0 Å². The number of aliphatic hydroxyl groups excluding tert-OH is 1. The summed E-state index contributed by atoms with van der Waals surface area (Å²) in [5.41, 5.74) is 0. The zero-order valence-electron chi connectivity index (χ0n) is 14.7. The first-order valence-electron chi connectivity index (χ1n) is 9.35. The number of carboxylic acids is 1. The molecule has 0 aliphatic rings. The lowest BCUT2D eigenvalue weighted by Gasteiger charge is -2.02. The highest BCUT2D eigenvalue weighted by Gasteiger charge is 2.09. The summed E-state index contributed by atoms with van der Waals surface area (Å²) in [4.78, 5) is 10.4. The molecule has 0 rings (SSSR count). The van der Waals surface area contributed by atoms with Crippen molar-refractivity contribution in [1.29, 1.82) is 0 Å². The Balaban J connectivity index is 3.14. The van der Waals surface area contributed by atoms with E-state index in [-0.39, 0.29) is 6.42 Å². The van der Waals surface area contributed by atoms with E-state index in [1.807, 2.05) is 12.2 Å². The minimum atomic E-state index is -1.26. The molecular weight excluding hydrogens is 288 g/mol. The van der Waals surface area contributed by atoms with Crippen molar-refractivity contribution in [3.8, 4) is 0 Å². The van der Waals surface area contributed by atoms with E-state index in [0.29, 0.717) is 0 Å². The summed E-state index contributed by atoms with van der Waals surface area (Å²) in [7, 11) is 0. The molecule has 1 atom stereocenters. The first-order valence-corrected chi connectivity index (χ1v) is 9.35. The Hall–Kier alpha value is -1.09.